The van der Waals surface area contributed by atoms with Crippen LogP contribution in [-0.4, -0.2) is 62.2 Å². The van der Waals surface area contributed by atoms with Crippen LogP contribution in [0.4, 0.5) is 0 Å². The van der Waals surface area contributed by atoms with Gasteiger partial charge in [-0.25, -0.2) is 4.68 Å². The lowest BCUT2D eigenvalue weighted by atomic mass is 10.1. The van der Waals surface area contributed by atoms with E-state index in [1.807, 2.05) is 11.3 Å². The van der Waals surface area contributed by atoms with Crippen LogP contribution in [0.15, 0.2) is 17.5 Å². The molecule has 0 amide bonds. The van der Waals surface area contributed by atoms with Crippen molar-refractivity contribution in [2.75, 3.05) is 26.2 Å². The fourth-order valence-corrected chi connectivity index (χ4v) is 5.81. The second-order valence-corrected chi connectivity index (χ2v) is 8.64. The van der Waals surface area contributed by atoms with Gasteiger partial charge in [-0.3, -0.25) is 9.80 Å². The predicted octanol–water partition coefficient (Wildman–Crippen LogP) is 2.72. The summed E-state index contributed by atoms with van der Waals surface area (Å²) in [4.78, 5) is 6.68. The monoisotopic (exact) mass is 358 g/mol. The Balaban J connectivity index is 1.48. The highest BCUT2D eigenvalue weighted by atomic mass is 32.1. The topological polar surface area (TPSA) is 50.1 Å². The van der Waals surface area contributed by atoms with Crippen LogP contribution < -0.4 is 0 Å². The molecular weight excluding hydrogens is 332 g/mol. The van der Waals surface area contributed by atoms with Crippen molar-refractivity contribution in [2.45, 2.75) is 56.7 Å². The molecular formula is C18H26N6S. The van der Waals surface area contributed by atoms with Crippen LogP contribution in [-0.2, 0) is 0 Å². The average Bonchev–Trinajstić information content (AvgIpc) is 3.41. The summed E-state index contributed by atoms with van der Waals surface area (Å²) < 4.78 is 2.15. The number of aromatic nitrogens is 4. The van der Waals surface area contributed by atoms with Gasteiger partial charge < -0.3 is 0 Å². The molecule has 2 aromatic rings. The minimum absolute atomic E-state index is 0.207. The Morgan fingerprint density at radius 2 is 1.92 bits per heavy atom. The molecule has 0 radical (unpaired) electrons. The number of fused-ring (bicyclic) bond motifs is 1. The van der Waals surface area contributed by atoms with Gasteiger partial charge in [0.2, 0.25) is 0 Å². The van der Waals surface area contributed by atoms with Gasteiger partial charge in [-0.05, 0) is 54.1 Å². The van der Waals surface area contributed by atoms with Crippen LogP contribution in [0.1, 0.15) is 61.3 Å². The number of thiophene rings is 1. The first-order chi connectivity index (χ1) is 12.4. The van der Waals surface area contributed by atoms with Gasteiger partial charge in [0.25, 0.3) is 0 Å². The summed E-state index contributed by atoms with van der Waals surface area (Å²) in [5, 5.41) is 15.2. The third-order valence-electron chi connectivity index (χ3n) is 6.23. The second-order valence-electron chi connectivity index (χ2n) is 7.66. The summed E-state index contributed by atoms with van der Waals surface area (Å²) in [5.74, 6) is 1.06. The van der Waals surface area contributed by atoms with Gasteiger partial charge >= 0.3 is 0 Å². The van der Waals surface area contributed by atoms with Crippen LogP contribution in [0, 0.1) is 0 Å². The normalized spacial score (nSPS) is 27.0. The lowest BCUT2D eigenvalue weighted by Crippen LogP contribution is -2.51. The Kier molecular flexibility index (Phi) is 4.31. The van der Waals surface area contributed by atoms with Crippen molar-refractivity contribution in [3.63, 3.8) is 0 Å². The molecule has 3 fully saturated rings. The molecule has 2 aromatic heterocycles. The third kappa shape index (κ3) is 2.92. The van der Waals surface area contributed by atoms with E-state index in [1.165, 1.54) is 56.5 Å². The van der Waals surface area contributed by atoms with E-state index in [0.717, 1.165) is 18.9 Å². The summed E-state index contributed by atoms with van der Waals surface area (Å²) in [6.07, 6.45) is 7.71. The lowest BCUT2D eigenvalue weighted by molar-refractivity contribution is 0.0797. The van der Waals surface area contributed by atoms with Crippen molar-refractivity contribution in [3.8, 4) is 0 Å². The summed E-state index contributed by atoms with van der Waals surface area (Å²) in [5.41, 5.74) is 0. The van der Waals surface area contributed by atoms with Gasteiger partial charge in [-0.15, -0.1) is 16.4 Å². The molecule has 0 N–H and O–H groups in total. The number of rotatable bonds is 4. The standard InChI is InChI=1S/C18H26N6S/c1-2-6-14(5-1)24-18(19-20-21-24)17(16-8-4-12-25-16)23-11-10-22-9-3-7-15(22)13-23/h4,8,12,14-15,17H,1-3,5-7,9-11,13H2/t15-,17-/m1/s1. The molecule has 2 aliphatic heterocycles. The van der Waals surface area contributed by atoms with E-state index in [-0.39, 0.29) is 6.04 Å². The highest BCUT2D eigenvalue weighted by molar-refractivity contribution is 7.10. The van der Waals surface area contributed by atoms with Crippen LogP contribution in [0.3, 0.4) is 0 Å². The van der Waals surface area contributed by atoms with Crippen molar-refractivity contribution in [2.24, 2.45) is 0 Å². The van der Waals surface area contributed by atoms with Gasteiger partial charge in [-0.1, -0.05) is 18.9 Å². The van der Waals surface area contributed by atoms with Crippen molar-refractivity contribution in [1.82, 2.24) is 30.0 Å². The molecule has 2 atom stereocenters. The molecule has 25 heavy (non-hydrogen) atoms. The highest BCUT2D eigenvalue weighted by Crippen LogP contribution is 2.37. The number of nitrogens with zero attached hydrogens (tertiary/aromatic N) is 6. The molecule has 0 spiro atoms. The number of hydrogen-bond donors (Lipinski definition) is 0. The van der Waals surface area contributed by atoms with E-state index in [1.54, 1.807) is 0 Å². The fourth-order valence-electron chi connectivity index (χ4n) is 4.96. The number of hydrogen-bond acceptors (Lipinski definition) is 6. The first kappa shape index (κ1) is 15.9. The van der Waals surface area contributed by atoms with Crippen LogP contribution in [0.25, 0.3) is 0 Å². The van der Waals surface area contributed by atoms with E-state index < -0.39 is 0 Å². The zero-order valence-corrected chi connectivity index (χ0v) is 15.4. The van der Waals surface area contributed by atoms with E-state index in [2.05, 4.69) is 47.5 Å². The number of tetrazole rings is 1. The molecule has 0 bridgehead atoms. The third-order valence-corrected chi connectivity index (χ3v) is 7.15. The van der Waals surface area contributed by atoms with E-state index >= 15 is 0 Å². The van der Waals surface area contributed by atoms with E-state index in [0.29, 0.717) is 12.1 Å². The molecule has 3 aliphatic rings. The zero-order valence-electron chi connectivity index (χ0n) is 14.6. The Hall–Kier alpha value is -1.31. The van der Waals surface area contributed by atoms with Gasteiger partial charge in [0.15, 0.2) is 5.82 Å². The minimum atomic E-state index is 0.207. The molecule has 1 saturated carbocycles. The largest absolute Gasteiger partial charge is 0.298 e. The Labute approximate surface area is 152 Å². The maximum Gasteiger partial charge on any atom is 0.174 e. The zero-order chi connectivity index (χ0) is 16.6. The van der Waals surface area contributed by atoms with Gasteiger partial charge in [0, 0.05) is 30.6 Å². The molecule has 134 valence electrons. The Morgan fingerprint density at radius 3 is 2.76 bits per heavy atom. The molecule has 0 unspecified atom stereocenters. The predicted molar refractivity (Wildman–Crippen MR) is 97.7 cm³/mol. The van der Waals surface area contributed by atoms with Crippen LogP contribution >= 0.6 is 11.3 Å². The average molecular weight is 359 g/mol. The first-order valence-electron chi connectivity index (χ1n) is 9.69. The minimum Gasteiger partial charge on any atom is -0.298 e. The van der Waals surface area contributed by atoms with Crippen molar-refractivity contribution >= 4 is 11.3 Å². The van der Waals surface area contributed by atoms with Gasteiger partial charge in [0.1, 0.15) is 6.04 Å². The summed E-state index contributed by atoms with van der Waals surface area (Å²) in [6.45, 7) is 4.70. The molecule has 4 heterocycles. The second kappa shape index (κ2) is 6.78. The van der Waals surface area contributed by atoms with Gasteiger partial charge in [0.05, 0.1) is 6.04 Å². The van der Waals surface area contributed by atoms with Crippen LogP contribution in [0.5, 0.6) is 0 Å². The van der Waals surface area contributed by atoms with E-state index in [9.17, 15) is 0 Å². The fraction of sp³-hybridized carbons (Fsp3) is 0.722. The lowest BCUT2D eigenvalue weighted by Gasteiger charge is -2.41. The number of piperazine rings is 1. The molecule has 5 rings (SSSR count). The summed E-state index contributed by atoms with van der Waals surface area (Å²) in [7, 11) is 0. The smallest absolute Gasteiger partial charge is 0.174 e. The molecule has 6 nitrogen and oxygen atoms in total. The van der Waals surface area contributed by atoms with E-state index in [4.69, 9.17) is 0 Å². The summed E-state index contributed by atoms with van der Waals surface area (Å²) >= 11 is 1.84. The SMILES string of the molecule is c1csc([C@H](c2nnnn2C2CCCC2)N2CCN3CCC[C@@H]3C2)c1. The van der Waals surface area contributed by atoms with Crippen molar-refractivity contribution in [3.05, 3.63) is 28.2 Å². The van der Waals surface area contributed by atoms with Gasteiger partial charge in [-0.2, -0.15) is 0 Å². The van der Waals surface area contributed by atoms with Crippen LogP contribution in [0.2, 0.25) is 0 Å². The first-order valence-corrected chi connectivity index (χ1v) is 10.6. The maximum atomic E-state index is 4.53. The maximum absolute atomic E-state index is 4.53. The molecule has 7 heteroatoms. The molecule has 0 aromatic carbocycles. The van der Waals surface area contributed by atoms with Crippen molar-refractivity contribution < 1.29 is 0 Å². The molecule has 1 aliphatic carbocycles. The highest BCUT2D eigenvalue weighted by Gasteiger charge is 2.37. The summed E-state index contributed by atoms with van der Waals surface area (Å²) in [6, 6.07) is 5.82. The quantitative estimate of drug-likeness (QED) is 0.841. The Bertz CT molecular complexity index is 692. The van der Waals surface area contributed by atoms with Crippen molar-refractivity contribution in [1.29, 1.82) is 0 Å². The molecule has 2 saturated heterocycles. The Morgan fingerprint density at radius 1 is 1.04 bits per heavy atom.